The fourth-order valence-electron chi connectivity index (χ4n) is 4.71. The largest absolute Gasteiger partial charge is 0.355 e. The number of carbonyl (C=O) groups excluding carboxylic acids is 2. The first-order valence-electron chi connectivity index (χ1n) is 11.1. The molecule has 2 amide bonds. The maximum absolute atomic E-state index is 14.3. The van der Waals surface area contributed by atoms with E-state index in [1.54, 1.807) is 11.2 Å². The van der Waals surface area contributed by atoms with Gasteiger partial charge < -0.3 is 10.2 Å². The summed E-state index contributed by atoms with van der Waals surface area (Å²) in [5.41, 5.74) is 1.24. The number of carbonyl (C=O) groups is 2. The molecular weight excluding hydrogens is 411 g/mol. The Morgan fingerprint density at radius 3 is 2.62 bits per heavy atom. The Kier molecular flexibility index (Phi) is 5.55. The number of aromatic nitrogens is 2. The van der Waals surface area contributed by atoms with Crippen LogP contribution in [0.15, 0.2) is 41.6 Å². The van der Waals surface area contributed by atoms with E-state index in [2.05, 4.69) is 20.4 Å². The third kappa shape index (κ3) is 3.83. The summed E-state index contributed by atoms with van der Waals surface area (Å²) in [7, 11) is 0. The second-order valence-corrected chi connectivity index (χ2v) is 8.44. The molecule has 32 heavy (non-hydrogen) atoms. The van der Waals surface area contributed by atoms with Crippen LogP contribution >= 0.6 is 0 Å². The Hall–Kier alpha value is -3.36. The third-order valence-electron chi connectivity index (χ3n) is 6.50. The minimum absolute atomic E-state index is 0.0376. The van der Waals surface area contributed by atoms with Crippen molar-refractivity contribution in [2.45, 2.75) is 37.6 Å². The summed E-state index contributed by atoms with van der Waals surface area (Å²) in [5.74, 6) is -1.01. The molecular formula is C23H25FN6O2. The lowest BCUT2D eigenvalue weighted by atomic mass is 9.94. The summed E-state index contributed by atoms with van der Waals surface area (Å²) in [4.78, 5) is 35.7. The first-order valence-corrected chi connectivity index (χ1v) is 11.1. The monoisotopic (exact) mass is 436 g/mol. The van der Waals surface area contributed by atoms with Crippen molar-refractivity contribution in [2.24, 2.45) is 11.0 Å². The van der Waals surface area contributed by atoms with Crippen molar-refractivity contribution in [2.75, 3.05) is 24.5 Å². The standard InChI is InChI=1S/C23H25FN6O2/c24-18-14-26-23(28-20(18)17-6-10-25-21(17)31)29-12-8-16(9-13-29)22(32)30-19(7-11-27-30)15-4-2-1-3-5-15/h1-5,11,14,16-17,19H,6-10,12-13H2,(H,25,31)/t17?,19-/m0/s1. The molecule has 3 aliphatic heterocycles. The SMILES string of the molecule is O=C1NCCC1c1nc(N2CCC(C(=O)N3N=CC[C@H]3c3ccccc3)CC2)ncc1F. The van der Waals surface area contributed by atoms with Gasteiger partial charge in [0.2, 0.25) is 17.8 Å². The molecule has 0 saturated carbocycles. The number of nitrogens with one attached hydrogen (secondary N) is 1. The second-order valence-electron chi connectivity index (χ2n) is 8.44. The van der Waals surface area contributed by atoms with Crippen molar-refractivity contribution in [1.29, 1.82) is 0 Å². The van der Waals surface area contributed by atoms with Crippen LogP contribution in [-0.4, -0.2) is 52.6 Å². The molecule has 2 saturated heterocycles. The van der Waals surface area contributed by atoms with E-state index >= 15 is 0 Å². The summed E-state index contributed by atoms with van der Waals surface area (Å²) in [5, 5.41) is 8.71. The van der Waals surface area contributed by atoms with Crippen molar-refractivity contribution in [1.82, 2.24) is 20.3 Å². The normalized spacial score (nSPS) is 23.6. The van der Waals surface area contributed by atoms with Crippen LogP contribution in [0.2, 0.25) is 0 Å². The summed E-state index contributed by atoms with van der Waals surface area (Å²) in [6.45, 7) is 1.70. The molecule has 8 nitrogen and oxygen atoms in total. The van der Waals surface area contributed by atoms with Gasteiger partial charge in [-0.3, -0.25) is 9.59 Å². The Labute approximate surface area is 185 Å². The van der Waals surface area contributed by atoms with Crippen LogP contribution in [0.1, 0.15) is 48.9 Å². The average molecular weight is 436 g/mol. The molecule has 9 heteroatoms. The predicted octanol–water partition coefficient (Wildman–Crippen LogP) is 2.40. The van der Waals surface area contributed by atoms with E-state index in [1.807, 2.05) is 35.2 Å². The molecule has 1 unspecified atom stereocenters. The number of anilines is 1. The molecule has 0 aliphatic carbocycles. The zero-order chi connectivity index (χ0) is 22.1. The first-order chi connectivity index (χ1) is 15.6. The molecule has 0 bridgehead atoms. The van der Waals surface area contributed by atoms with Crippen LogP contribution in [-0.2, 0) is 9.59 Å². The highest BCUT2D eigenvalue weighted by molar-refractivity contribution is 5.85. The van der Waals surface area contributed by atoms with Gasteiger partial charge in [-0.2, -0.15) is 5.10 Å². The Morgan fingerprint density at radius 2 is 1.91 bits per heavy atom. The number of rotatable bonds is 4. The number of benzene rings is 1. The molecule has 4 heterocycles. The van der Waals surface area contributed by atoms with Gasteiger partial charge >= 0.3 is 0 Å². The van der Waals surface area contributed by atoms with Crippen molar-refractivity contribution < 1.29 is 14.0 Å². The predicted molar refractivity (Wildman–Crippen MR) is 116 cm³/mol. The average Bonchev–Trinajstić information content (AvgIpc) is 3.49. The highest BCUT2D eigenvalue weighted by Crippen LogP contribution is 2.32. The van der Waals surface area contributed by atoms with E-state index in [4.69, 9.17) is 0 Å². The molecule has 166 valence electrons. The second kappa shape index (κ2) is 8.64. The molecule has 5 rings (SSSR count). The van der Waals surface area contributed by atoms with Gasteiger partial charge in [0.15, 0.2) is 5.82 Å². The topological polar surface area (TPSA) is 90.8 Å². The zero-order valence-electron chi connectivity index (χ0n) is 17.7. The van der Waals surface area contributed by atoms with Crippen LogP contribution in [0.5, 0.6) is 0 Å². The van der Waals surface area contributed by atoms with Gasteiger partial charge in [0, 0.05) is 38.2 Å². The molecule has 0 radical (unpaired) electrons. The number of halogens is 1. The molecule has 0 spiro atoms. The Morgan fingerprint density at radius 1 is 1.12 bits per heavy atom. The van der Waals surface area contributed by atoms with Gasteiger partial charge in [0.1, 0.15) is 0 Å². The number of hydrogen-bond acceptors (Lipinski definition) is 6. The summed E-state index contributed by atoms with van der Waals surface area (Å²) >= 11 is 0. The fraction of sp³-hybridized carbons (Fsp3) is 0.435. The van der Waals surface area contributed by atoms with E-state index in [0.717, 1.165) is 18.2 Å². The smallest absolute Gasteiger partial charge is 0.246 e. The van der Waals surface area contributed by atoms with Gasteiger partial charge in [0.25, 0.3) is 0 Å². The summed E-state index contributed by atoms with van der Waals surface area (Å²) < 4.78 is 14.3. The van der Waals surface area contributed by atoms with Crippen molar-refractivity contribution >= 4 is 24.0 Å². The first kappa shape index (κ1) is 20.5. The van der Waals surface area contributed by atoms with E-state index in [-0.39, 0.29) is 29.5 Å². The van der Waals surface area contributed by atoms with E-state index in [0.29, 0.717) is 44.8 Å². The van der Waals surface area contributed by atoms with Crippen LogP contribution < -0.4 is 10.2 Å². The number of piperidine rings is 1. The molecule has 3 aliphatic rings. The number of nitrogens with zero attached hydrogens (tertiary/aromatic N) is 5. The van der Waals surface area contributed by atoms with E-state index in [1.165, 1.54) is 0 Å². The molecule has 1 N–H and O–H groups in total. The van der Waals surface area contributed by atoms with Gasteiger partial charge in [0.05, 0.1) is 23.9 Å². The van der Waals surface area contributed by atoms with Crippen LogP contribution in [0, 0.1) is 11.7 Å². The van der Waals surface area contributed by atoms with Crippen molar-refractivity contribution in [3.8, 4) is 0 Å². The minimum atomic E-state index is -0.571. The van der Waals surface area contributed by atoms with Crippen molar-refractivity contribution in [3.05, 3.63) is 53.6 Å². The molecule has 2 atom stereocenters. The number of hydrogen-bond donors (Lipinski definition) is 1. The fourth-order valence-corrected chi connectivity index (χ4v) is 4.71. The quantitative estimate of drug-likeness (QED) is 0.795. The number of amides is 2. The highest BCUT2D eigenvalue weighted by Gasteiger charge is 2.36. The lowest BCUT2D eigenvalue weighted by molar-refractivity contribution is -0.138. The lowest BCUT2D eigenvalue weighted by Gasteiger charge is -2.34. The van der Waals surface area contributed by atoms with Crippen LogP contribution in [0.25, 0.3) is 0 Å². The maximum Gasteiger partial charge on any atom is 0.246 e. The Bertz CT molecular complexity index is 1040. The van der Waals surface area contributed by atoms with Crippen LogP contribution in [0.4, 0.5) is 10.3 Å². The van der Waals surface area contributed by atoms with E-state index in [9.17, 15) is 14.0 Å². The summed E-state index contributed by atoms with van der Waals surface area (Å²) in [6, 6.07) is 9.90. The maximum atomic E-state index is 14.3. The molecule has 1 aromatic heterocycles. The van der Waals surface area contributed by atoms with Gasteiger partial charge in [-0.1, -0.05) is 30.3 Å². The lowest BCUT2D eigenvalue weighted by Crippen LogP contribution is -2.41. The van der Waals surface area contributed by atoms with Gasteiger partial charge in [-0.15, -0.1) is 0 Å². The third-order valence-corrected chi connectivity index (χ3v) is 6.50. The number of hydrazone groups is 1. The molecule has 2 fully saturated rings. The highest BCUT2D eigenvalue weighted by atomic mass is 19.1. The van der Waals surface area contributed by atoms with Gasteiger partial charge in [-0.05, 0) is 24.8 Å². The van der Waals surface area contributed by atoms with Crippen LogP contribution in [0.3, 0.4) is 0 Å². The Balaban J connectivity index is 1.25. The zero-order valence-corrected chi connectivity index (χ0v) is 17.7. The molecule has 1 aromatic carbocycles. The minimum Gasteiger partial charge on any atom is -0.355 e. The van der Waals surface area contributed by atoms with E-state index < -0.39 is 11.7 Å². The molecule has 2 aromatic rings. The van der Waals surface area contributed by atoms with Gasteiger partial charge in [-0.25, -0.2) is 19.4 Å². The van der Waals surface area contributed by atoms with Crippen molar-refractivity contribution in [3.63, 3.8) is 0 Å². The summed E-state index contributed by atoms with van der Waals surface area (Å²) in [6.07, 6.45) is 5.48.